The number of benzene rings is 1. The van der Waals surface area contributed by atoms with Crippen LogP contribution in [0, 0.1) is 11.3 Å². The fourth-order valence-corrected chi connectivity index (χ4v) is 2.74. The molecule has 0 spiro atoms. The second-order valence-corrected chi connectivity index (χ2v) is 5.18. The van der Waals surface area contributed by atoms with E-state index < -0.39 is 0 Å². The predicted octanol–water partition coefficient (Wildman–Crippen LogP) is 2.99. The Kier molecular flexibility index (Phi) is 4.24. The standard InChI is InChI=1S/C15H23N3/c1-2-3-12-8-10-18(11-9-12)14-6-4-13(5-7-14)15(16)17/h4-7,12H,2-3,8-11H2,1H3,(H3,16,17). The number of piperidine rings is 1. The van der Waals surface area contributed by atoms with E-state index in [2.05, 4.69) is 24.0 Å². The molecule has 1 aromatic rings. The Bertz CT molecular complexity index is 389. The molecule has 0 amide bonds. The van der Waals surface area contributed by atoms with Gasteiger partial charge in [0, 0.05) is 24.3 Å². The molecular formula is C15H23N3. The van der Waals surface area contributed by atoms with Crippen LogP contribution >= 0.6 is 0 Å². The molecule has 1 saturated heterocycles. The zero-order valence-corrected chi connectivity index (χ0v) is 11.2. The highest BCUT2D eigenvalue weighted by Gasteiger charge is 2.18. The first-order valence-electron chi connectivity index (χ1n) is 6.90. The number of hydrogen-bond donors (Lipinski definition) is 2. The van der Waals surface area contributed by atoms with Crippen molar-refractivity contribution in [1.29, 1.82) is 5.41 Å². The van der Waals surface area contributed by atoms with Gasteiger partial charge in [0.15, 0.2) is 0 Å². The highest BCUT2D eigenvalue weighted by Crippen LogP contribution is 2.26. The Morgan fingerprint density at radius 3 is 2.39 bits per heavy atom. The van der Waals surface area contributed by atoms with Crippen molar-refractivity contribution in [2.45, 2.75) is 32.6 Å². The van der Waals surface area contributed by atoms with Crippen molar-refractivity contribution in [2.24, 2.45) is 11.7 Å². The monoisotopic (exact) mass is 245 g/mol. The topological polar surface area (TPSA) is 53.1 Å². The summed E-state index contributed by atoms with van der Waals surface area (Å²) in [4.78, 5) is 2.44. The molecule has 1 aromatic carbocycles. The highest BCUT2D eigenvalue weighted by atomic mass is 15.1. The van der Waals surface area contributed by atoms with Crippen LogP contribution in [0.5, 0.6) is 0 Å². The van der Waals surface area contributed by atoms with Crippen molar-refractivity contribution in [2.75, 3.05) is 18.0 Å². The minimum Gasteiger partial charge on any atom is -0.384 e. The summed E-state index contributed by atoms with van der Waals surface area (Å²) in [5.74, 6) is 1.06. The van der Waals surface area contributed by atoms with Gasteiger partial charge in [-0.25, -0.2) is 0 Å². The summed E-state index contributed by atoms with van der Waals surface area (Å²) in [7, 11) is 0. The largest absolute Gasteiger partial charge is 0.384 e. The van der Waals surface area contributed by atoms with E-state index in [1.807, 2.05) is 12.1 Å². The molecule has 0 bridgehead atoms. The number of nitrogen functional groups attached to an aromatic ring is 1. The summed E-state index contributed by atoms with van der Waals surface area (Å²) in [6, 6.07) is 8.04. The number of nitrogens with zero attached hydrogens (tertiary/aromatic N) is 1. The van der Waals surface area contributed by atoms with Crippen LogP contribution in [-0.4, -0.2) is 18.9 Å². The quantitative estimate of drug-likeness (QED) is 0.633. The van der Waals surface area contributed by atoms with Crippen molar-refractivity contribution >= 4 is 11.5 Å². The average molecular weight is 245 g/mol. The normalized spacial score (nSPS) is 16.8. The Morgan fingerprint density at radius 2 is 1.89 bits per heavy atom. The van der Waals surface area contributed by atoms with Gasteiger partial charge in [-0.05, 0) is 43.0 Å². The molecule has 98 valence electrons. The molecule has 3 heteroatoms. The van der Waals surface area contributed by atoms with Crippen LogP contribution < -0.4 is 10.6 Å². The maximum absolute atomic E-state index is 7.39. The van der Waals surface area contributed by atoms with E-state index in [0.29, 0.717) is 0 Å². The van der Waals surface area contributed by atoms with Gasteiger partial charge in [0.2, 0.25) is 0 Å². The fraction of sp³-hybridized carbons (Fsp3) is 0.533. The zero-order valence-electron chi connectivity index (χ0n) is 11.2. The Hall–Kier alpha value is -1.51. The van der Waals surface area contributed by atoms with E-state index in [4.69, 9.17) is 11.1 Å². The molecular weight excluding hydrogens is 222 g/mol. The lowest BCUT2D eigenvalue weighted by Gasteiger charge is -2.33. The van der Waals surface area contributed by atoms with Gasteiger partial charge >= 0.3 is 0 Å². The Morgan fingerprint density at radius 1 is 1.28 bits per heavy atom. The molecule has 0 atom stereocenters. The lowest BCUT2D eigenvalue weighted by atomic mass is 9.92. The van der Waals surface area contributed by atoms with Gasteiger partial charge in [-0.1, -0.05) is 19.8 Å². The minimum absolute atomic E-state index is 0.142. The predicted molar refractivity (Wildman–Crippen MR) is 77.3 cm³/mol. The first kappa shape index (κ1) is 12.9. The van der Waals surface area contributed by atoms with Crippen LogP contribution in [0.3, 0.4) is 0 Å². The SMILES string of the molecule is CCCC1CCN(c2ccc(C(=N)N)cc2)CC1. The summed E-state index contributed by atoms with van der Waals surface area (Å²) >= 11 is 0. The van der Waals surface area contributed by atoms with Crippen molar-refractivity contribution in [3.8, 4) is 0 Å². The number of rotatable bonds is 4. The van der Waals surface area contributed by atoms with Crippen molar-refractivity contribution in [3.63, 3.8) is 0 Å². The van der Waals surface area contributed by atoms with Gasteiger partial charge in [-0.3, -0.25) is 5.41 Å². The van der Waals surface area contributed by atoms with Crippen LogP contribution in [0.15, 0.2) is 24.3 Å². The molecule has 0 aliphatic carbocycles. The lowest BCUT2D eigenvalue weighted by Crippen LogP contribution is -2.33. The Balaban J connectivity index is 1.95. The van der Waals surface area contributed by atoms with Crippen LogP contribution in [0.2, 0.25) is 0 Å². The van der Waals surface area contributed by atoms with Gasteiger partial charge in [0.05, 0.1) is 0 Å². The van der Waals surface area contributed by atoms with Gasteiger partial charge in [0.25, 0.3) is 0 Å². The third-order valence-corrected chi connectivity index (χ3v) is 3.85. The summed E-state index contributed by atoms with van der Waals surface area (Å²) in [5.41, 5.74) is 7.53. The number of hydrogen-bond acceptors (Lipinski definition) is 2. The van der Waals surface area contributed by atoms with Crippen molar-refractivity contribution < 1.29 is 0 Å². The fourth-order valence-electron chi connectivity index (χ4n) is 2.74. The first-order valence-corrected chi connectivity index (χ1v) is 6.90. The summed E-state index contributed by atoms with van der Waals surface area (Å²) in [5, 5.41) is 7.39. The second kappa shape index (κ2) is 5.89. The molecule has 18 heavy (non-hydrogen) atoms. The Labute approximate surface area is 109 Å². The van der Waals surface area contributed by atoms with E-state index >= 15 is 0 Å². The number of amidine groups is 1. The molecule has 1 aliphatic rings. The summed E-state index contributed by atoms with van der Waals surface area (Å²) in [6.07, 6.45) is 5.29. The minimum atomic E-state index is 0.142. The van der Waals surface area contributed by atoms with Crippen LogP contribution in [0.25, 0.3) is 0 Å². The molecule has 1 aliphatic heterocycles. The molecule has 0 aromatic heterocycles. The lowest BCUT2D eigenvalue weighted by molar-refractivity contribution is 0.378. The van der Waals surface area contributed by atoms with Crippen molar-refractivity contribution in [3.05, 3.63) is 29.8 Å². The maximum atomic E-state index is 7.39. The smallest absolute Gasteiger partial charge is 0.122 e. The average Bonchev–Trinajstić information content (AvgIpc) is 2.40. The number of anilines is 1. The molecule has 0 unspecified atom stereocenters. The first-order chi connectivity index (χ1) is 8.70. The molecule has 0 saturated carbocycles. The van der Waals surface area contributed by atoms with E-state index in [0.717, 1.165) is 24.6 Å². The van der Waals surface area contributed by atoms with Gasteiger partial charge in [-0.2, -0.15) is 0 Å². The van der Waals surface area contributed by atoms with E-state index in [-0.39, 0.29) is 5.84 Å². The molecule has 2 rings (SSSR count). The van der Waals surface area contributed by atoms with Gasteiger partial charge < -0.3 is 10.6 Å². The summed E-state index contributed by atoms with van der Waals surface area (Å²) < 4.78 is 0. The number of nitrogens with one attached hydrogen (secondary N) is 1. The molecule has 3 nitrogen and oxygen atoms in total. The van der Waals surface area contributed by atoms with Crippen LogP contribution in [0.4, 0.5) is 5.69 Å². The second-order valence-electron chi connectivity index (χ2n) is 5.18. The maximum Gasteiger partial charge on any atom is 0.122 e. The van der Waals surface area contributed by atoms with E-state index in [1.165, 1.54) is 31.4 Å². The third kappa shape index (κ3) is 3.03. The number of nitrogens with two attached hydrogens (primary N) is 1. The van der Waals surface area contributed by atoms with Gasteiger partial charge in [0.1, 0.15) is 5.84 Å². The van der Waals surface area contributed by atoms with Crippen LogP contribution in [0.1, 0.15) is 38.2 Å². The molecule has 3 N–H and O–H groups in total. The van der Waals surface area contributed by atoms with Crippen LogP contribution in [-0.2, 0) is 0 Å². The molecule has 1 heterocycles. The third-order valence-electron chi connectivity index (χ3n) is 3.85. The molecule has 1 fully saturated rings. The van der Waals surface area contributed by atoms with Gasteiger partial charge in [-0.15, -0.1) is 0 Å². The molecule has 0 radical (unpaired) electrons. The van der Waals surface area contributed by atoms with E-state index in [1.54, 1.807) is 0 Å². The summed E-state index contributed by atoms with van der Waals surface area (Å²) in [6.45, 7) is 4.58. The zero-order chi connectivity index (χ0) is 13.0. The van der Waals surface area contributed by atoms with Crippen molar-refractivity contribution in [1.82, 2.24) is 0 Å². The highest BCUT2D eigenvalue weighted by molar-refractivity contribution is 5.95. The van der Waals surface area contributed by atoms with E-state index in [9.17, 15) is 0 Å².